The average molecular weight is 260 g/mol. The Morgan fingerprint density at radius 2 is 1.67 bits per heavy atom. The van der Waals surface area contributed by atoms with Crippen LogP contribution >= 0.6 is 0 Å². The molecular formula is C12H15F3N2O. The molecule has 18 heavy (non-hydrogen) atoms. The van der Waals surface area contributed by atoms with Gasteiger partial charge in [-0.3, -0.25) is 0 Å². The lowest BCUT2D eigenvalue weighted by atomic mass is 10.1. The van der Waals surface area contributed by atoms with Gasteiger partial charge in [-0.05, 0) is 19.2 Å². The molecule has 0 unspecified atom stereocenters. The third-order valence-electron chi connectivity index (χ3n) is 3.10. The van der Waals surface area contributed by atoms with E-state index < -0.39 is 11.7 Å². The third-order valence-corrected chi connectivity index (χ3v) is 3.10. The highest BCUT2D eigenvalue weighted by atomic mass is 19.4. The molecule has 0 spiro atoms. The lowest BCUT2D eigenvalue weighted by Gasteiger charge is -2.34. The molecule has 0 radical (unpaired) electrons. The monoisotopic (exact) mass is 260 g/mol. The highest BCUT2D eigenvalue weighted by Gasteiger charge is 2.32. The van der Waals surface area contributed by atoms with Crippen molar-refractivity contribution in [3.63, 3.8) is 0 Å². The summed E-state index contributed by atoms with van der Waals surface area (Å²) in [4.78, 5) is 3.97. The van der Waals surface area contributed by atoms with Gasteiger partial charge in [-0.2, -0.15) is 13.2 Å². The number of phenolic OH excluding ortho intramolecular Hbond substituents is 1. The maximum absolute atomic E-state index is 12.6. The molecule has 2 rings (SSSR count). The summed E-state index contributed by atoms with van der Waals surface area (Å²) in [5, 5.41) is 9.40. The van der Waals surface area contributed by atoms with Crippen molar-refractivity contribution in [1.29, 1.82) is 0 Å². The van der Waals surface area contributed by atoms with Crippen LogP contribution in [0.2, 0.25) is 0 Å². The molecule has 1 aromatic carbocycles. The topological polar surface area (TPSA) is 26.7 Å². The number of hydrogen-bond donors (Lipinski definition) is 1. The molecule has 0 aromatic heterocycles. The second-order valence-corrected chi connectivity index (χ2v) is 4.53. The fourth-order valence-corrected chi connectivity index (χ4v) is 2.01. The molecule has 0 aliphatic carbocycles. The highest BCUT2D eigenvalue weighted by molar-refractivity contribution is 5.54. The van der Waals surface area contributed by atoms with E-state index in [1.54, 1.807) is 0 Å². The van der Waals surface area contributed by atoms with Crippen LogP contribution < -0.4 is 4.90 Å². The van der Waals surface area contributed by atoms with Crippen molar-refractivity contribution in [2.45, 2.75) is 6.18 Å². The van der Waals surface area contributed by atoms with E-state index in [9.17, 15) is 18.3 Å². The van der Waals surface area contributed by atoms with Crippen LogP contribution in [0.3, 0.4) is 0 Å². The number of likely N-dealkylation sites (N-methyl/N-ethyl adjacent to an activating group) is 1. The number of nitrogens with zero attached hydrogens (tertiary/aromatic N) is 2. The van der Waals surface area contributed by atoms with Gasteiger partial charge >= 0.3 is 6.18 Å². The molecule has 1 heterocycles. The first-order chi connectivity index (χ1) is 8.36. The van der Waals surface area contributed by atoms with Gasteiger partial charge in [-0.15, -0.1) is 0 Å². The van der Waals surface area contributed by atoms with Crippen LogP contribution in [0.1, 0.15) is 5.56 Å². The predicted molar refractivity (Wildman–Crippen MR) is 62.8 cm³/mol. The lowest BCUT2D eigenvalue weighted by Crippen LogP contribution is -2.44. The summed E-state index contributed by atoms with van der Waals surface area (Å²) in [6, 6.07) is 3.21. The van der Waals surface area contributed by atoms with Crippen LogP contribution in [-0.2, 0) is 6.18 Å². The smallest absolute Gasteiger partial charge is 0.416 e. The number of hydrogen-bond acceptors (Lipinski definition) is 3. The lowest BCUT2D eigenvalue weighted by molar-refractivity contribution is -0.137. The van der Waals surface area contributed by atoms with E-state index in [1.165, 1.54) is 6.07 Å². The van der Waals surface area contributed by atoms with Gasteiger partial charge in [0.15, 0.2) is 0 Å². The Bertz CT molecular complexity index is 426. The summed E-state index contributed by atoms with van der Waals surface area (Å²) in [5.41, 5.74) is -0.383. The first kappa shape index (κ1) is 13.0. The summed E-state index contributed by atoms with van der Waals surface area (Å²) in [6.45, 7) is 2.93. The van der Waals surface area contributed by atoms with Crippen molar-refractivity contribution >= 4 is 5.69 Å². The minimum atomic E-state index is -4.43. The van der Waals surface area contributed by atoms with Crippen LogP contribution in [0.25, 0.3) is 0 Å². The van der Waals surface area contributed by atoms with Crippen LogP contribution in [-0.4, -0.2) is 43.2 Å². The van der Waals surface area contributed by atoms with E-state index in [-0.39, 0.29) is 5.75 Å². The highest BCUT2D eigenvalue weighted by Crippen LogP contribution is 2.35. The Balaban J connectivity index is 2.25. The molecule has 1 N–H and O–H groups in total. The molecule has 3 nitrogen and oxygen atoms in total. The molecule has 0 atom stereocenters. The first-order valence-electron chi connectivity index (χ1n) is 5.71. The predicted octanol–water partition coefficient (Wildman–Crippen LogP) is 2.16. The Kier molecular flexibility index (Phi) is 3.38. The molecule has 0 saturated carbocycles. The van der Waals surface area contributed by atoms with E-state index in [0.29, 0.717) is 18.8 Å². The number of alkyl halides is 3. The summed E-state index contributed by atoms with van der Waals surface area (Å²) >= 11 is 0. The van der Waals surface area contributed by atoms with E-state index in [1.807, 2.05) is 11.9 Å². The second kappa shape index (κ2) is 4.68. The van der Waals surface area contributed by atoms with Gasteiger partial charge in [0.2, 0.25) is 0 Å². The second-order valence-electron chi connectivity index (χ2n) is 4.53. The van der Waals surface area contributed by atoms with E-state index in [4.69, 9.17) is 0 Å². The zero-order chi connectivity index (χ0) is 13.3. The summed E-state index contributed by atoms with van der Waals surface area (Å²) in [7, 11) is 1.97. The fraction of sp³-hybridized carbons (Fsp3) is 0.500. The number of rotatable bonds is 1. The molecule has 1 saturated heterocycles. The van der Waals surface area contributed by atoms with Crippen molar-refractivity contribution in [3.05, 3.63) is 23.8 Å². The average Bonchev–Trinajstić information content (AvgIpc) is 2.28. The number of aromatic hydroxyl groups is 1. The molecule has 100 valence electrons. The summed E-state index contributed by atoms with van der Waals surface area (Å²) < 4.78 is 37.9. The maximum Gasteiger partial charge on any atom is 0.416 e. The molecule has 1 aliphatic rings. The zero-order valence-electron chi connectivity index (χ0n) is 10.0. The van der Waals surface area contributed by atoms with Crippen molar-refractivity contribution in [2.75, 3.05) is 38.1 Å². The van der Waals surface area contributed by atoms with Crippen LogP contribution in [0.15, 0.2) is 18.2 Å². The van der Waals surface area contributed by atoms with Crippen LogP contribution in [0, 0.1) is 0 Å². The van der Waals surface area contributed by atoms with Gasteiger partial charge < -0.3 is 14.9 Å². The molecule has 1 aromatic rings. The Morgan fingerprint density at radius 3 is 2.22 bits per heavy atom. The largest absolute Gasteiger partial charge is 0.508 e. The number of anilines is 1. The first-order valence-corrected chi connectivity index (χ1v) is 5.71. The fourth-order valence-electron chi connectivity index (χ4n) is 2.01. The van der Waals surface area contributed by atoms with Gasteiger partial charge in [0.1, 0.15) is 5.75 Å². The molecule has 0 amide bonds. The number of piperazine rings is 1. The van der Waals surface area contributed by atoms with Gasteiger partial charge in [0.25, 0.3) is 0 Å². The molecule has 6 heteroatoms. The number of halogens is 3. The van der Waals surface area contributed by atoms with E-state index in [0.717, 1.165) is 25.2 Å². The number of phenols is 1. The Labute approximate surface area is 103 Å². The van der Waals surface area contributed by atoms with Crippen LogP contribution in [0.4, 0.5) is 18.9 Å². The quantitative estimate of drug-likeness (QED) is 0.838. The van der Waals surface area contributed by atoms with Gasteiger partial charge in [-0.25, -0.2) is 0 Å². The van der Waals surface area contributed by atoms with Crippen molar-refractivity contribution in [2.24, 2.45) is 0 Å². The zero-order valence-corrected chi connectivity index (χ0v) is 10.0. The van der Waals surface area contributed by atoms with Crippen LogP contribution in [0.5, 0.6) is 5.75 Å². The molecule has 0 bridgehead atoms. The van der Waals surface area contributed by atoms with Crippen molar-refractivity contribution in [3.8, 4) is 5.75 Å². The van der Waals surface area contributed by atoms with E-state index in [2.05, 4.69) is 4.90 Å². The molecular weight excluding hydrogens is 245 g/mol. The summed E-state index contributed by atoms with van der Waals surface area (Å²) in [5.74, 6) is -0.348. The summed E-state index contributed by atoms with van der Waals surface area (Å²) in [6.07, 6.45) is -4.43. The standard InChI is InChI=1S/C12H15F3N2O/c1-16-2-4-17(5-3-16)10-6-9(12(13,14)15)7-11(18)8-10/h6-8,18H,2-5H2,1H3. The van der Waals surface area contributed by atoms with Gasteiger partial charge in [0.05, 0.1) is 5.56 Å². The minimum Gasteiger partial charge on any atom is -0.508 e. The minimum absolute atomic E-state index is 0.348. The van der Waals surface area contributed by atoms with Gasteiger partial charge in [0, 0.05) is 37.9 Å². The Morgan fingerprint density at radius 1 is 1.06 bits per heavy atom. The van der Waals surface area contributed by atoms with E-state index >= 15 is 0 Å². The normalized spacial score (nSPS) is 18.1. The SMILES string of the molecule is CN1CCN(c2cc(O)cc(C(F)(F)F)c2)CC1. The Hall–Kier alpha value is -1.43. The molecule has 1 aliphatic heterocycles. The number of benzene rings is 1. The third kappa shape index (κ3) is 2.87. The maximum atomic E-state index is 12.6. The van der Waals surface area contributed by atoms with Crippen molar-refractivity contribution < 1.29 is 18.3 Å². The molecule has 1 fully saturated rings. The van der Waals surface area contributed by atoms with Crippen molar-refractivity contribution in [1.82, 2.24) is 4.90 Å². The van der Waals surface area contributed by atoms with Gasteiger partial charge in [-0.1, -0.05) is 0 Å².